The molecule has 0 bridgehead atoms. The number of piperazine rings is 1. The monoisotopic (exact) mass is 419 g/mol. The summed E-state index contributed by atoms with van der Waals surface area (Å²) in [5.74, 6) is -2.20. The summed E-state index contributed by atoms with van der Waals surface area (Å²) < 4.78 is 38.3. The Labute approximate surface area is 171 Å². The lowest BCUT2D eigenvalue weighted by Gasteiger charge is -2.33. The molecule has 0 aromatic heterocycles. The Morgan fingerprint density at radius 2 is 1.67 bits per heavy atom. The van der Waals surface area contributed by atoms with Crippen LogP contribution in [0.2, 0.25) is 0 Å². The van der Waals surface area contributed by atoms with Gasteiger partial charge in [0.2, 0.25) is 5.91 Å². The Morgan fingerprint density at radius 3 is 2.37 bits per heavy atom. The zero-order valence-corrected chi connectivity index (χ0v) is 16.2. The van der Waals surface area contributed by atoms with Crippen LogP contribution in [-0.4, -0.2) is 47.2 Å². The summed E-state index contributed by atoms with van der Waals surface area (Å²) >= 11 is 0. The molecule has 0 spiro atoms. The van der Waals surface area contributed by atoms with Gasteiger partial charge in [-0.05, 0) is 36.2 Å². The third-order valence-electron chi connectivity index (χ3n) is 4.83. The molecular weight excluding hydrogens is 399 g/mol. The number of alkyl halides is 3. The van der Waals surface area contributed by atoms with Gasteiger partial charge in [0.15, 0.2) is 0 Å². The van der Waals surface area contributed by atoms with Crippen LogP contribution in [0.15, 0.2) is 48.5 Å². The number of rotatable bonds is 5. The van der Waals surface area contributed by atoms with Crippen molar-refractivity contribution < 1.29 is 27.6 Å². The zero-order valence-electron chi connectivity index (χ0n) is 16.2. The molecule has 6 nitrogen and oxygen atoms in total. The Kier molecular flexibility index (Phi) is 6.09. The summed E-state index contributed by atoms with van der Waals surface area (Å²) in [6.45, 7) is 2.21. The highest BCUT2D eigenvalue weighted by molar-refractivity contribution is 6.35. The first-order chi connectivity index (χ1) is 14.1. The molecule has 1 aliphatic rings. The first-order valence-electron chi connectivity index (χ1n) is 9.25. The highest BCUT2D eigenvalue weighted by atomic mass is 19.4. The highest BCUT2D eigenvalue weighted by Crippen LogP contribution is 2.30. The maximum atomic E-state index is 12.8. The van der Waals surface area contributed by atoms with E-state index < -0.39 is 36.0 Å². The predicted molar refractivity (Wildman–Crippen MR) is 103 cm³/mol. The van der Waals surface area contributed by atoms with Gasteiger partial charge >= 0.3 is 18.0 Å². The second kappa shape index (κ2) is 8.56. The number of hydrogen-bond acceptors (Lipinski definition) is 3. The standard InChI is InChI=1S/C21H20F3N3O3/c1-14-5-2-3-6-15(14)12-26-9-10-27(20(30)19(26)29)13-18(28)25-17-8-4-7-16(11-17)21(22,23)24/h2-8,11H,9-10,12-13H2,1H3,(H,25,28). The molecule has 0 unspecified atom stereocenters. The summed E-state index contributed by atoms with van der Waals surface area (Å²) in [5, 5.41) is 2.34. The Bertz CT molecular complexity index is 975. The quantitative estimate of drug-likeness (QED) is 0.758. The van der Waals surface area contributed by atoms with Gasteiger partial charge < -0.3 is 15.1 Å². The topological polar surface area (TPSA) is 69.7 Å². The van der Waals surface area contributed by atoms with Gasteiger partial charge in [0.25, 0.3) is 0 Å². The van der Waals surface area contributed by atoms with Crippen LogP contribution in [0.25, 0.3) is 0 Å². The van der Waals surface area contributed by atoms with E-state index in [0.717, 1.165) is 28.2 Å². The number of anilines is 1. The second-order valence-corrected chi connectivity index (χ2v) is 7.01. The highest BCUT2D eigenvalue weighted by Gasteiger charge is 2.34. The molecule has 9 heteroatoms. The number of halogens is 3. The van der Waals surface area contributed by atoms with Crippen LogP contribution in [0, 0.1) is 6.92 Å². The molecule has 1 aliphatic heterocycles. The van der Waals surface area contributed by atoms with Crippen molar-refractivity contribution >= 4 is 23.4 Å². The second-order valence-electron chi connectivity index (χ2n) is 7.01. The van der Waals surface area contributed by atoms with E-state index in [0.29, 0.717) is 6.54 Å². The number of aryl methyl sites for hydroxylation is 1. The summed E-state index contributed by atoms with van der Waals surface area (Å²) in [6.07, 6.45) is -4.53. The van der Waals surface area contributed by atoms with E-state index >= 15 is 0 Å². The average Bonchev–Trinajstić information content (AvgIpc) is 2.69. The lowest BCUT2D eigenvalue weighted by Crippen LogP contribution is -2.55. The molecule has 3 amide bonds. The van der Waals surface area contributed by atoms with Crippen molar-refractivity contribution in [3.05, 3.63) is 65.2 Å². The first kappa shape index (κ1) is 21.4. The number of carbonyl (C=O) groups excluding carboxylic acids is 3. The van der Waals surface area contributed by atoms with Gasteiger partial charge in [-0.2, -0.15) is 13.2 Å². The molecule has 1 saturated heterocycles. The third kappa shape index (κ3) is 4.97. The molecule has 0 radical (unpaired) electrons. The van der Waals surface area contributed by atoms with E-state index in [2.05, 4.69) is 5.32 Å². The van der Waals surface area contributed by atoms with Gasteiger partial charge in [0, 0.05) is 25.3 Å². The third-order valence-corrected chi connectivity index (χ3v) is 4.83. The van der Waals surface area contributed by atoms with Gasteiger partial charge in [0.1, 0.15) is 6.54 Å². The minimum absolute atomic E-state index is 0.0354. The minimum Gasteiger partial charge on any atom is -0.328 e. The van der Waals surface area contributed by atoms with Crippen molar-refractivity contribution in [2.75, 3.05) is 25.0 Å². The maximum absolute atomic E-state index is 12.8. The molecule has 30 heavy (non-hydrogen) atoms. The van der Waals surface area contributed by atoms with Crippen molar-refractivity contribution in [3.8, 4) is 0 Å². The van der Waals surface area contributed by atoms with E-state index in [-0.39, 0.29) is 18.8 Å². The van der Waals surface area contributed by atoms with Gasteiger partial charge in [-0.25, -0.2) is 0 Å². The average molecular weight is 419 g/mol. The van der Waals surface area contributed by atoms with Gasteiger partial charge in [-0.3, -0.25) is 14.4 Å². The SMILES string of the molecule is Cc1ccccc1CN1CCN(CC(=O)Nc2cccc(C(F)(F)F)c2)C(=O)C1=O. The Morgan fingerprint density at radius 1 is 1.00 bits per heavy atom. The van der Waals surface area contributed by atoms with E-state index in [1.807, 2.05) is 31.2 Å². The van der Waals surface area contributed by atoms with Gasteiger partial charge in [0.05, 0.1) is 5.56 Å². The molecule has 3 rings (SSSR count). The number of amides is 3. The van der Waals surface area contributed by atoms with Gasteiger partial charge in [-0.15, -0.1) is 0 Å². The smallest absolute Gasteiger partial charge is 0.328 e. The number of benzene rings is 2. The molecule has 0 atom stereocenters. The molecule has 2 aromatic rings. The van der Waals surface area contributed by atoms with Crippen LogP contribution >= 0.6 is 0 Å². The van der Waals surface area contributed by atoms with E-state index in [9.17, 15) is 27.6 Å². The normalized spacial score (nSPS) is 14.8. The van der Waals surface area contributed by atoms with Crippen molar-refractivity contribution in [2.24, 2.45) is 0 Å². The number of hydrogen-bond donors (Lipinski definition) is 1. The first-order valence-corrected chi connectivity index (χ1v) is 9.25. The molecule has 1 N–H and O–H groups in total. The maximum Gasteiger partial charge on any atom is 0.416 e. The van der Waals surface area contributed by atoms with E-state index in [1.54, 1.807) is 0 Å². The van der Waals surface area contributed by atoms with E-state index in [1.165, 1.54) is 17.0 Å². The molecule has 1 heterocycles. The van der Waals surface area contributed by atoms with Crippen molar-refractivity contribution in [3.63, 3.8) is 0 Å². The Hall–Kier alpha value is -3.36. The van der Waals surface area contributed by atoms with E-state index in [4.69, 9.17) is 0 Å². The lowest BCUT2D eigenvalue weighted by molar-refractivity contribution is -0.157. The fourth-order valence-corrected chi connectivity index (χ4v) is 3.16. The van der Waals surface area contributed by atoms with Crippen LogP contribution in [0.1, 0.15) is 16.7 Å². The predicted octanol–water partition coefficient (Wildman–Crippen LogP) is 2.82. The molecule has 158 valence electrons. The zero-order chi connectivity index (χ0) is 21.9. The summed E-state index contributed by atoms with van der Waals surface area (Å²) in [7, 11) is 0. The summed E-state index contributed by atoms with van der Waals surface area (Å²) in [5.41, 5.74) is 0.998. The fraction of sp³-hybridized carbons (Fsp3) is 0.286. The van der Waals surface area contributed by atoms with Crippen molar-refractivity contribution in [1.29, 1.82) is 0 Å². The van der Waals surface area contributed by atoms with Crippen molar-refractivity contribution in [1.82, 2.24) is 9.80 Å². The largest absolute Gasteiger partial charge is 0.416 e. The number of nitrogens with zero attached hydrogens (tertiary/aromatic N) is 2. The lowest BCUT2D eigenvalue weighted by atomic mass is 10.1. The van der Waals surface area contributed by atoms with Crippen molar-refractivity contribution in [2.45, 2.75) is 19.6 Å². The fourth-order valence-electron chi connectivity index (χ4n) is 3.16. The van der Waals surface area contributed by atoms with Gasteiger partial charge in [-0.1, -0.05) is 30.3 Å². The van der Waals surface area contributed by atoms with Crippen LogP contribution in [-0.2, 0) is 27.1 Å². The number of nitrogens with one attached hydrogen (secondary N) is 1. The molecule has 0 saturated carbocycles. The van der Waals surface area contributed by atoms with Crippen LogP contribution in [0.4, 0.5) is 18.9 Å². The molecule has 0 aliphatic carbocycles. The Balaban J connectivity index is 1.59. The molecule has 1 fully saturated rings. The summed E-state index contributed by atoms with van der Waals surface area (Å²) in [4.78, 5) is 39.5. The number of carbonyl (C=O) groups is 3. The van der Waals surface area contributed by atoms with Crippen LogP contribution in [0.3, 0.4) is 0 Å². The molecule has 2 aromatic carbocycles. The van der Waals surface area contributed by atoms with Crippen LogP contribution in [0.5, 0.6) is 0 Å². The summed E-state index contributed by atoms with van der Waals surface area (Å²) in [6, 6.07) is 11.7. The molecular formula is C21H20F3N3O3. The van der Waals surface area contributed by atoms with Crippen LogP contribution < -0.4 is 5.32 Å². The minimum atomic E-state index is -4.53.